The molecule has 8 heteroatoms. The molecular weight excluding hydrogens is 361 g/mol. The first-order valence-electron chi connectivity index (χ1n) is 7.31. The summed E-state index contributed by atoms with van der Waals surface area (Å²) in [6, 6.07) is 15.1. The van der Waals surface area contributed by atoms with Crippen LogP contribution in [0.2, 0.25) is 0 Å². The summed E-state index contributed by atoms with van der Waals surface area (Å²) in [5.41, 5.74) is 1.70. The van der Waals surface area contributed by atoms with E-state index in [4.69, 9.17) is 5.26 Å². The van der Waals surface area contributed by atoms with Gasteiger partial charge in [-0.1, -0.05) is 24.3 Å². The van der Waals surface area contributed by atoms with Crippen LogP contribution in [0, 0.1) is 11.3 Å². The number of benzene rings is 2. The molecule has 1 N–H and O–H groups in total. The van der Waals surface area contributed by atoms with Crippen molar-refractivity contribution >= 4 is 75.0 Å². The maximum Gasteiger partial charge on any atom is 0.262 e. The minimum atomic E-state index is -0.382. The van der Waals surface area contributed by atoms with E-state index in [9.17, 15) is 19.2 Å². The van der Waals surface area contributed by atoms with E-state index in [1.807, 2.05) is 0 Å². The van der Waals surface area contributed by atoms with Crippen LogP contribution in [-0.4, -0.2) is 86.5 Å². The van der Waals surface area contributed by atoms with E-state index in [1.165, 1.54) is 0 Å². The normalized spacial score (nSPS) is 13.7. The number of carbonyl (C=O) groups is 4. The van der Waals surface area contributed by atoms with Gasteiger partial charge in [0.1, 0.15) is 6.54 Å². The van der Waals surface area contributed by atoms with Crippen molar-refractivity contribution < 1.29 is 19.2 Å². The Labute approximate surface area is 191 Å². The average molecular weight is 372 g/mol. The van der Waals surface area contributed by atoms with Gasteiger partial charge in [0.05, 0.1) is 28.3 Å². The maximum atomic E-state index is 11.6. The Hall–Kier alpha value is -2.15. The van der Waals surface area contributed by atoms with Crippen LogP contribution in [0.25, 0.3) is 0 Å². The Morgan fingerprint density at radius 1 is 0.769 bits per heavy atom. The smallest absolute Gasteiger partial charge is 0.262 e. The second-order valence-electron chi connectivity index (χ2n) is 5.23. The molecule has 0 fully saturated rings. The van der Waals surface area contributed by atoms with Gasteiger partial charge < -0.3 is 0 Å². The molecule has 2 aliphatic heterocycles. The number of rotatable bonds is 1. The minimum Gasteiger partial charge on any atom is -0.288 e. The summed E-state index contributed by atoms with van der Waals surface area (Å²) in [4.78, 5) is 45.9. The first-order valence-corrected chi connectivity index (χ1v) is 7.31. The van der Waals surface area contributed by atoms with Crippen molar-refractivity contribution in [3.05, 3.63) is 70.8 Å². The monoisotopic (exact) mass is 372 g/mol. The third-order valence-electron chi connectivity index (χ3n) is 3.75. The fourth-order valence-electron chi connectivity index (χ4n) is 2.57. The molecule has 0 spiro atoms. The third-order valence-corrected chi connectivity index (χ3v) is 3.75. The van der Waals surface area contributed by atoms with Crippen LogP contribution >= 0.6 is 0 Å². The van der Waals surface area contributed by atoms with Crippen LogP contribution < -0.4 is 5.32 Å². The molecule has 0 aromatic heterocycles. The SMILES string of the molecule is N#CCN1C(=O)c2ccccc2C1=O.O=C1NC(=O)c2ccccc21.[K]. The number of carbonyl (C=O) groups excluding carboxylic acids is 4. The molecule has 2 aromatic carbocycles. The molecule has 123 valence electrons. The summed E-state index contributed by atoms with van der Waals surface area (Å²) in [5, 5.41) is 10.6. The number of fused-ring (bicyclic) bond motifs is 2. The Bertz CT molecular complexity index is 897. The van der Waals surface area contributed by atoms with Crippen molar-refractivity contribution in [2.45, 2.75) is 0 Å². The molecule has 2 aromatic rings. The largest absolute Gasteiger partial charge is 0.288 e. The fraction of sp³-hybridized carbons (Fsp3) is 0.0556. The second kappa shape index (κ2) is 8.49. The number of hydrogen-bond acceptors (Lipinski definition) is 5. The molecule has 0 saturated heterocycles. The van der Waals surface area contributed by atoms with Crippen molar-refractivity contribution in [3.63, 3.8) is 0 Å². The standard InChI is InChI=1S/C10H6N2O2.C8H5NO2.K/c11-5-6-12-9(13)7-3-1-2-4-8(7)10(12)14;10-7-5-3-1-2-4-6(5)8(11)9-7;/h1-4H,6H2;1-4H,(H,9,10,11);. The third kappa shape index (κ3) is 3.67. The Balaban J connectivity index is 0.000000184. The molecule has 4 amide bonds. The van der Waals surface area contributed by atoms with E-state index in [0.717, 1.165) is 4.90 Å². The zero-order valence-corrected chi connectivity index (χ0v) is 17.0. The topological polar surface area (TPSA) is 107 Å². The van der Waals surface area contributed by atoms with Crippen LogP contribution in [0.15, 0.2) is 48.5 Å². The molecule has 26 heavy (non-hydrogen) atoms. The number of hydrogen-bond donors (Lipinski definition) is 1. The van der Waals surface area contributed by atoms with Gasteiger partial charge >= 0.3 is 0 Å². The van der Waals surface area contributed by atoms with E-state index >= 15 is 0 Å². The van der Waals surface area contributed by atoms with E-state index in [1.54, 1.807) is 54.6 Å². The summed E-state index contributed by atoms with van der Waals surface area (Å²) >= 11 is 0. The maximum absolute atomic E-state index is 11.6. The molecule has 0 unspecified atom stereocenters. The fourth-order valence-corrected chi connectivity index (χ4v) is 2.57. The first kappa shape index (κ1) is 20.2. The Kier molecular flexibility index (Phi) is 6.58. The van der Waals surface area contributed by atoms with Crippen LogP contribution in [0.3, 0.4) is 0 Å². The first-order chi connectivity index (χ1) is 12.0. The predicted octanol–water partition coefficient (Wildman–Crippen LogP) is 0.996. The number of nitrogens with zero attached hydrogens (tertiary/aromatic N) is 2. The molecule has 1 radical (unpaired) electrons. The van der Waals surface area contributed by atoms with Crippen LogP contribution in [0.1, 0.15) is 41.4 Å². The zero-order chi connectivity index (χ0) is 18.0. The molecule has 4 rings (SSSR count). The van der Waals surface area contributed by atoms with E-state index in [-0.39, 0.29) is 81.6 Å². The van der Waals surface area contributed by atoms with E-state index in [2.05, 4.69) is 5.32 Å². The van der Waals surface area contributed by atoms with Gasteiger partial charge in [0.2, 0.25) is 0 Å². The van der Waals surface area contributed by atoms with Gasteiger partial charge in [-0.3, -0.25) is 29.4 Å². The Morgan fingerprint density at radius 2 is 1.15 bits per heavy atom. The van der Waals surface area contributed by atoms with Crippen LogP contribution in [-0.2, 0) is 0 Å². The molecule has 0 bridgehead atoms. The molecule has 7 nitrogen and oxygen atoms in total. The van der Waals surface area contributed by atoms with Gasteiger partial charge in [-0.05, 0) is 24.3 Å². The molecule has 0 saturated carbocycles. The van der Waals surface area contributed by atoms with Gasteiger partial charge in [0.15, 0.2) is 0 Å². The number of nitrogens with one attached hydrogen (secondary N) is 1. The zero-order valence-electron chi connectivity index (χ0n) is 13.9. The van der Waals surface area contributed by atoms with Crippen molar-refractivity contribution in [3.8, 4) is 6.07 Å². The summed E-state index contributed by atoms with van der Waals surface area (Å²) in [7, 11) is 0. The predicted molar refractivity (Wildman–Crippen MR) is 91.4 cm³/mol. The summed E-state index contributed by atoms with van der Waals surface area (Å²) in [5.74, 6) is -1.37. The van der Waals surface area contributed by atoms with E-state index < -0.39 is 0 Å². The summed E-state index contributed by atoms with van der Waals surface area (Å²) in [6.07, 6.45) is 0. The van der Waals surface area contributed by atoms with Gasteiger partial charge in [-0.15, -0.1) is 0 Å². The molecule has 0 atom stereocenters. The van der Waals surface area contributed by atoms with Crippen molar-refractivity contribution in [1.29, 1.82) is 5.26 Å². The number of amides is 4. The van der Waals surface area contributed by atoms with Crippen LogP contribution in [0.4, 0.5) is 0 Å². The molecule has 0 aliphatic carbocycles. The summed E-state index contributed by atoms with van der Waals surface area (Å²) in [6.45, 7) is -0.188. The van der Waals surface area contributed by atoms with Crippen molar-refractivity contribution in [2.75, 3.05) is 6.54 Å². The van der Waals surface area contributed by atoms with Gasteiger partial charge in [0.25, 0.3) is 23.6 Å². The van der Waals surface area contributed by atoms with Crippen molar-refractivity contribution in [1.82, 2.24) is 10.2 Å². The van der Waals surface area contributed by atoms with E-state index in [0.29, 0.717) is 22.3 Å². The molecular formula is C18H11KN3O4. The quantitative estimate of drug-likeness (QED) is 0.456. The number of nitriles is 1. The number of imide groups is 2. The van der Waals surface area contributed by atoms with Gasteiger partial charge in [-0.25, -0.2) is 0 Å². The van der Waals surface area contributed by atoms with Gasteiger partial charge in [-0.2, -0.15) is 5.26 Å². The minimum absolute atomic E-state index is 0. The Morgan fingerprint density at radius 3 is 1.54 bits per heavy atom. The van der Waals surface area contributed by atoms with Gasteiger partial charge in [0, 0.05) is 51.4 Å². The second-order valence-corrected chi connectivity index (χ2v) is 5.23. The molecule has 2 heterocycles. The summed E-state index contributed by atoms with van der Waals surface area (Å²) < 4.78 is 0. The van der Waals surface area contributed by atoms with Crippen LogP contribution in [0.5, 0.6) is 0 Å². The molecule has 2 aliphatic rings. The van der Waals surface area contributed by atoms with Crippen molar-refractivity contribution in [2.24, 2.45) is 0 Å². The average Bonchev–Trinajstić information content (AvgIpc) is 3.06.